The predicted octanol–water partition coefficient (Wildman–Crippen LogP) is 3.75. The summed E-state index contributed by atoms with van der Waals surface area (Å²) in [6.07, 6.45) is 1.81. The summed E-state index contributed by atoms with van der Waals surface area (Å²) in [5, 5.41) is 6.83. The smallest absolute Gasteiger partial charge is 0.249 e. The summed E-state index contributed by atoms with van der Waals surface area (Å²) in [4.78, 5) is 23.6. The van der Waals surface area contributed by atoms with E-state index in [1.807, 2.05) is 6.92 Å². The van der Waals surface area contributed by atoms with Crippen molar-refractivity contribution in [2.45, 2.75) is 19.8 Å². The summed E-state index contributed by atoms with van der Waals surface area (Å²) in [7, 11) is 0. The summed E-state index contributed by atoms with van der Waals surface area (Å²) in [6.45, 7) is 2.53. The van der Waals surface area contributed by atoms with Gasteiger partial charge in [0.05, 0.1) is 12.8 Å². The first-order valence-electron chi connectivity index (χ1n) is 8.27. The molecule has 2 rings (SSSR count). The maximum atomic E-state index is 12.8. The molecule has 0 aliphatic heterocycles. The van der Waals surface area contributed by atoms with Crippen LogP contribution in [0.1, 0.15) is 25.3 Å². The lowest BCUT2D eigenvalue weighted by molar-refractivity contribution is -0.126. The number of carbonyl (C=O) groups is 2. The van der Waals surface area contributed by atoms with Crippen LogP contribution in [0.2, 0.25) is 5.02 Å². The zero-order chi connectivity index (χ0) is 19.6. The third-order valence-corrected chi connectivity index (χ3v) is 3.51. The van der Waals surface area contributed by atoms with E-state index in [-0.39, 0.29) is 0 Å². The Morgan fingerprint density at radius 3 is 2.63 bits per heavy atom. The minimum absolute atomic E-state index is 0.398. The van der Waals surface area contributed by atoms with Crippen molar-refractivity contribution < 1.29 is 18.7 Å². The van der Waals surface area contributed by atoms with Crippen LogP contribution in [-0.4, -0.2) is 24.6 Å². The number of rotatable bonds is 8. The first-order chi connectivity index (χ1) is 13.0. The number of carbonyl (C=O) groups excluding carboxylic acids is 2. The lowest BCUT2D eigenvalue weighted by Gasteiger charge is -2.08. The molecule has 0 fully saturated rings. The van der Waals surface area contributed by atoms with Crippen molar-refractivity contribution >= 4 is 35.3 Å². The van der Waals surface area contributed by atoms with Crippen molar-refractivity contribution in [3.63, 3.8) is 0 Å². The summed E-state index contributed by atoms with van der Waals surface area (Å²) in [6, 6.07) is 10.3. The molecule has 0 spiro atoms. The maximum Gasteiger partial charge on any atom is 0.249 e. The summed E-state index contributed by atoms with van der Waals surface area (Å²) >= 11 is 5.97. The Hall–Kier alpha value is -2.93. The molecule has 2 amide bonds. The predicted molar refractivity (Wildman–Crippen MR) is 103 cm³/mol. The molecule has 142 valence electrons. The van der Waals surface area contributed by atoms with Gasteiger partial charge in [0, 0.05) is 16.3 Å². The van der Waals surface area contributed by atoms with E-state index >= 15 is 0 Å². The van der Waals surface area contributed by atoms with Crippen molar-refractivity contribution in [3.05, 3.63) is 58.9 Å². The molecule has 2 aromatic carbocycles. The molecule has 0 radical (unpaired) electrons. The molecule has 27 heavy (non-hydrogen) atoms. The number of amides is 2. The molecular weight excluding hydrogens is 373 g/mol. The molecule has 0 saturated heterocycles. The van der Waals surface area contributed by atoms with Gasteiger partial charge in [0.15, 0.2) is 0 Å². The van der Waals surface area contributed by atoms with Crippen LogP contribution in [0, 0.1) is 5.82 Å². The fraction of sp³-hybridized carbons (Fsp3) is 0.211. The van der Waals surface area contributed by atoms with Gasteiger partial charge < -0.3 is 10.1 Å². The molecule has 0 aliphatic carbocycles. The number of ether oxygens (including phenoxy) is 1. The van der Waals surface area contributed by atoms with Crippen LogP contribution in [0.4, 0.5) is 10.1 Å². The van der Waals surface area contributed by atoms with Gasteiger partial charge in [0.2, 0.25) is 11.8 Å². The Morgan fingerprint density at radius 2 is 1.93 bits per heavy atom. The fourth-order valence-corrected chi connectivity index (χ4v) is 2.24. The van der Waals surface area contributed by atoms with E-state index in [0.717, 1.165) is 6.42 Å². The molecule has 0 heterocycles. The highest BCUT2D eigenvalue weighted by atomic mass is 35.5. The third-order valence-electron chi connectivity index (χ3n) is 3.28. The van der Waals surface area contributed by atoms with Crippen LogP contribution in [0.3, 0.4) is 0 Å². The molecule has 6 nitrogen and oxygen atoms in total. The largest absolute Gasteiger partial charge is 0.493 e. The van der Waals surface area contributed by atoms with Crippen molar-refractivity contribution in [1.82, 2.24) is 5.43 Å². The van der Waals surface area contributed by atoms with E-state index in [1.54, 1.807) is 18.2 Å². The SMILES string of the molecule is CCCOc1ccc(Cl)cc1C=NNC(=O)CC(=O)Nc1ccc(F)cc1. The summed E-state index contributed by atoms with van der Waals surface area (Å²) < 4.78 is 18.4. The summed E-state index contributed by atoms with van der Waals surface area (Å²) in [5.41, 5.74) is 3.27. The van der Waals surface area contributed by atoms with Crippen LogP contribution >= 0.6 is 11.6 Å². The Morgan fingerprint density at radius 1 is 1.19 bits per heavy atom. The molecule has 0 saturated carbocycles. The minimum atomic E-state index is -0.594. The molecule has 0 aromatic heterocycles. The molecule has 0 bridgehead atoms. The first-order valence-corrected chi connectivity index (χ1v) is 8.65. The number of benzene rings is 2. The summed E-state index contributed by atoms with van der Waals surface area (Å²) in [5.74, 6) is -0.954. The van der Waals surface area contributed by atoms with Gasteiger partial charge in [-0.25, -0.2) is 9.82 Å². The molecule has 0 atom stereocenters. The Labute approximate surface area is 161 Å². The van der Waals surface area contributed by atoms with E-state index < -0.39 is 24.1 Å². The quantitative estimate of drug-likeness (QED) is 0.408. The van der Waals surface area contributed by atoms with Crippen LogP contribution in [-0.2, 0) is 9.59 Å². The van der Waals surface area contributed by atoms with Gasteiger partial charge in [-0.15, -0.1) is 0 Å². The lowest BCUT2D eigenvalue weighted by Crippen LogP contribution is -2.24. The fourth-order valence-electron chi connectivity index (χ4n) is 2.06. The number of hydrazone groups is 1. The average Bonchev–Trinajstić information content (AvgIpc) is 2.63. The molecule has 0 aliphatic rings. The maximum absolute atomic E-state index is 12.8. The van der Waals surface area contributed by atoms with E-state index in [1.165, 1.54) is 30.5 Å². The van der Waals surface area contributed by atoms with Gasteiger partial charge in [0.25, 0.3) is 0 Å². The Kier molecular flexibility index (Phi) is 7.76. The second-order valence-corrected chi connectivity index (χ2v) is 5.99. The molecular formula is C19H19ClFN3O3. The van der Waals surface area contributed by atoms with Gasteiger partial charge in [0.1, 0.15) is 18.0 Å². The monoisotopic (exact) mass is 391 g/mol. The average molecular weight is 392 g/mol. The van der Waals surface area contributed by atoms with Crippen molar-refractivity contribution in [2.75, 3.05) is 11.9 Å². The van der Waals surface area contributed by atoms with E-state index in [9.17, 15) is 14.0 Å². The number of anilines is 1. The topological polar surface area (TPSA) is 79.8 Å². The van der Waals surface area contributed by atoms with Gasteiger partial charge in [-0.05, 0) is 48.9 Å². The number of hydrogen-bond donors (Lipinski definition) is 2. The van der Waals surface area contributed by atoms with Gasteiger partial charge in [-0.3, -0.25) is 9.59 Å². The van der Waals surface area contributed by atoms with Gasteiger partial charge in [-0.1, -0.05) is 18.5 Å². The highest BCUT2D eigenvalue weighted by molar-refractivity contribution is 6.30. The zero-order valence-corrected chi connectivity index (χ0v) is 15.4. The normalized spacial score (nSPS) is 10.6. The molecule has 2 aromatic rings. The molecule has 2 N–H and O–H groups in total. The second kappa shape index (κ2) is 10.3. The van der Waals surface area contributed by atoms with Crippen molar-refractivity contribution in [1.29, 1.82) is 0 Å². The van der Waals surface area contributed by atoms with Gasteiger partial charge >= 0.3 is 0 Å². The number of hydrogen-bond acceptors (Lipinski definition) is 4. The van der Waals surface area contributed by atoms with E-state index in [4.69, 9.17) is 16.3 Å². The van der Waals surface area contributed by atoms with E-state index in [2.05, 4.69) is 15.8 Å². The highest BCUT2D eigenvalue weighted by Gasteiger charge is 2.09. The highest BCUT2D eigenvalue weighted by Crippen LogP contribution is 2.21. The number of halogens is 2. The first kappa shape index (κ1) is 20.4. The van der Waals surface area contributed by atoms with Crippen LogP contribution in [0.15, 0.2) is 47.6 Å². The van der Waals surface area contributed by atoms with Crippen molar-refractivity contribution in [2.24, 2.45) is 5.10 Å². The van der Waals surface area contributed by atoms with Gasteiger partial charge in [-0.2, -0.15) is 5.10 Å². The third kappa shape index (κ3) is 7.07. The Bertz CT molecular complexity index is 825. The van der Waals surface area contributed by atoms with Crippen LogP contribution in [0.25, 0.3) is 0 Å². The Balaban J connectivity index is 1.88. The zero-order valence-electron chi connectivity index (χ0n) is 14.7. The minimum Gasteiger partial charge on any atom is -0.493 e. The molecule has 8 heteroatoms. The second-order valence-electron chi connectivity index (χ2n) is 5.56. The van der Waals surface area contributed by atoms with Crippen LogP contribution < -0.4 is 15.5 Å². The van der Waals surface area contributed by atoms with Crippen LogP contribution in [0.5, 0.6) is 5.75 Å². The lowest BCUT2D eigenvalue weighted by atomic mass is 10.2. The number of nitrogens with zero attached hydrogens (tertiary/aromatic N) is 1. The standard InChI is InChI=1S/C19H19ClFN3O3/c1-2-9-27-17-8-3-14(20)10-13(17)12-22-24-19(26)11-18(25)23-16-6-4-15(21)5-7-16/h3-8,10,12H,2,9,11H2,1H3,(H,23,25)(H,24,26). The molecule has 0 unspecified atom stereocenters. The van der Waals surface area contributed by atoms with E-state index in [0.29, 0.717) is 28.6 Å². The number of nitrogens with one attached hydrogen (secondary N) is 2. The van der Waals surface area contributed by atoms with Crippen molar-refractivity contribution in [3.8, 4) is 5.75 Å².